The molecule has 0 aliphatic heterocycles. The highest BCUT2D eigenvalue weighted by Gasteiger charge is 2.16. The van der Waals surface area contributed by atoms with Gasteiger partial charge in [0.05, 0.1) is 17.3 Å². The quantitative estimate of drug-likeness (QED) is 0.496. The Hall–Kier alpha value is -4.01. The number of carbonyl (C=O) groups excluding carboxylic acids is 2. The van der Waals surface area contributed by atoms with E-state index in [1.165, 1.54) is 17.3 Å². The van der Waals surface area contributed by atoms with Crippen LogP contribution in [-0.2, 0) is 4.79 Å². The summed E-state index contributed by atoms with van der Waals surface area (Å²) in [7, 11) is 0. The molecule has 0 saturated carbocycles. The van der Waals surface area contributed by atoms with Crippen molar-refractivity contribution < 1.29 is 9.59 Å². The fourth-order valence-corrected chi connectivity index (χ4v) is 2.78. The maximum absolute atomic E-state index is 12.6. The van der Waals surface area contributed by atoms with Gasteiger partial charge >= 0.3 is 0 Å². The molecule has 140 valence electrons. The Morgan fingerprint density at radius 1 is 1.07 bits per heavy atom. The van der Waals surface area contributed by atoms with Crippen LogP contribution in [-0.4, -0.2) is 36.8 Å². The van der Waals surface area contributed by atoms with E-state index in [2.05, 4.69) is 30.9 Å². The molecule has 0 aliphatic carbocycles. The summed E-state index contributed by atoms with van der Waals surface area (Å²) in [4.78, 5) is 28.7. The molecule has 2 heterocycles. The molecule has 0 fully saturated rings. The lowest BCUT2D eigenvalue weighted by molar-refractivity contribution is -0.119. The molecule has 4 rings (SSSR count). The predicted octanol–water partition coefficient (Wildman–Crippen LogP) is 2.61. The van der Waals surface area contributed by atoms with Gasteiger partial charge in [-0.25, -0.2) is 9.67 Å². The number of para-hydroxylation sites is 1. The Bertz CT molecular complexity index is 1120. The standard InChI is InChI=1S/C19H17N7O2/c1-12(26-11-20-10-22-26)18(27)23-14-5-7-15(8-6-14)24-19(28)16-4-2-3-13-9-21-25-17(13)16/h2-12H,1H3,(H,21,25)(H,23,27)(H,24,28)/t12-/m0/s1. The molecule has 1 atom stereocenters. The van der Waals surface area contributed by atoms with Crippen LogP contribution in [0.15, 0.2) is 61.3 Å². The van der Waals surface area contributed by atoms with Crippen molar-refractivity contribution in [3.05, 3.63) is 66.9 Å². The topological polar surface area (TPSA) is 118 Å². The monoisotopic (exact) mass is 375 g/mol. The summed E-state index contributed by atoms with van der Waals surface area (Å²) in [5, 5.41) is 17.3. The van der Waals surface area contributed by atoms with Crippen molar-refractivity contribution in [3.8, 4) is 0 Å². The highest BCUT2D eigenvalue weighted by atomic mass is 16.2. The molecule has 0 spiro atoms. The lowest BCUT2D eigenvalue weighted by atomic mass is 10.1. The first-order chi connectivity index (χ1) is 13.6. The number of H-pyrrole nitrogens is 1. The number of carbonyl (C=O) groups is 2. The van der Waals surface area contributed by atoms with Gasteiger partial charge in [0.25, 0.3) is 5.91 Å². The van der Waals surface area contributed by atoms with E-state index in [9.17, 15) is 9.59 Å². The zero-order chi connectivity index (χ0) is 19.5. The SMILES string of the molecule is C[C@@H](C(=O)Nc1ccc(NC(=O)c2cccc3cn[nH]c23)cc1)n1cncn1. The summed E-state index contributed by atoms with van der Waals surface area (Å²) >= 11 is 0. The number of nitrogens with one attached hydrogen (secondary N) is 3. The zero-order valence-corrected chi connectivity index (χ0v) is 15.0. The van der Waals surface area contributed by atoms with Crippen molar-refractivity contribution >= 4 is 34.1 Å². The van der Waals surface area contributed by atoms with Gasteiger partial charge in [0.2, 0.25) is 5.91 Å². The Kier molecular flexibility index (Phi) is 4.55. The van der Waals surface area contributed by atoms with Gasteiger partial charge in [-0.1, -0.05) is 12.1 Å². The minimum absolute atomic E-state index is 0.215. The number of aromatic amines is 1. The number of aromatic nitrogens is 5. The van der Waals surface area contributed by atoms with Crippen molar-refractivity contribution in [2.75, 3.05) is 10.6 Å². The number of anilines is 2. The summed E-state index contributed by atoms with van der Waals surface area (Å²) < 4.78 is 1.47. The zero-order valence-electron chi connectivity index (χ0n) is 15.0. The molecule has 9 heteroatoms. The first-order valence-corrected chi connectivity index (χ1v) is 8.60. The molecule has 2 aromatic heterocycles. The molecule has 4 aromatic rings. The van der Waals surface area contributed by atoms with Gasteiger partial charge in [-0.2, -0.15) is 10.2 Å². The maximum atomic E-state index is 12.6. The molecule has 0 bridgehead atoms. The molecule has 2 amide bonds. The Morgan fingerprint density at radius 2 is 1.82 bits per heavy atom. The largest absolute Gasteiger partial charge is 0.324 e. The minimum Gasteiger partial charge on any atom is -0.324 e. The van der Waals surface area contributed by atoms with Crippen LogP contribution in [0.25, 0.3) is 10.9 Å². The van der Waals surface area contributed by atoms with Crippen LogP contribution in [0, 0.1) is 0 Å². The highest BCUT2D eigenvalue weighted by molar-refractivity contribution is 6.11. The first kappa shape index (κ1) is 17.4. The Morgan fingerprint density at radius 3 is 2.54 bits per heavy atom. The van der Waals surface area contributed by atoms with Crippen LogP contribution in [0.3, 0.4) is 0 Å². The molecule has 3 N–H and O–H groups in total. The third kappa shape index (κ3) is 3.45. The number of amides is 2. The van der Waals surface area contributed by atoms with Crippen LogP contribution in [0.2, 0.25) is 0 Å². The fourth-order valence-electron chi connectivity index (χ4n) is 2.78. The van der Waals surface area contributed by atoms with Gasteiger partial charge in [0.1, 0.15) is 18.7 Å². The average molecular weight is 375 g/mol. The highest BCUT2D eigenvalue weighted by Crippen LogP contribution is 2.19. The molecule has 0 aliphatic rings. The number of hydrogen-bond acceptors (Lipinski definition) is 5. The molecule has 2 aromatic carbocycles. The second-order valence-electron chi connectivity index (χ2n) is 6.21. The fraction of sp³-hybridized carbons (Fsp3) is 0.105. The molecular weight excluding hydrogens is 358 g/mol. The van der Waals surface area contributed by atoms with Gasteiger partial charge in [0.15, 0.2) is 0 Å². The van der Waals surface area contributed by atoms with Gasteiger partial charge in [0, 0.05) is 16.8 Å². The van der Waals surface area contributed by atoms with Crippen molar-refractivity contribution in [1.82, 2.24) is 25.0 Å². The lowest BCUT2D eigenvalue weighted by Crippen LogP contribution is -2.24. The number of hydrogen-bond donors (Lipinski definition) is 3. The molecule has 0 saturated heterocycles. The van der Waals surface area contributed by atoms with E-state index in [4.69, 9.17) is 0 Å². The van der Waals surface area contributed by atoms with Crippen molar-refractivity contribution in [3.63, 3.8) is 0 Å². The minimum atomic E-state index is -0.489. The van der Waals surface area contributed by atoms with E-state index in [0.29, 0.717) is 22.5 Å². The number of nitrogens with zero attached hydrogens (tertiary/aromatic N) is 4. The van der Waals surface area contributed by atoms with E-state index in [-0.39, 0.29) is 11.8 Å². The molecule has 28 heavy (non-hydrogen) atoms. The lowest BCUT2D eigenvalue weighted by Gasteiger charge is -2.12. The van der Waals surface area contributed by atoms with E-state index in [1.54, 1.807) is 43.5 Å². The second-order valence-corrected chi connectivity index (χ2v) is 6.21. The van der Waals surface area contributed by atoms with Gasteiger partial charge < -0.3 is 10.6 Å². The van der Waals surface area contributed by atoms with Crippen LogP contribution < -0.4 is 10.6 Å². The normalized spacial score (nSPS) is 11.9. The molecule has 0 unspecified atom stereocenters. The number of fused-ring (bicyclic) bond motifs is 1. The van der Waals surface area contributed by atoms with Crippen LogP contribution in [0.1, 0.15) is 23.3 Å². The van der Waals surface area contributed by atoms with Crippen molar-refractivity contribution in [2.45, 2.75) is 13.0 Å². The van der Waals surface area contributed by atoms with Crippen LogP contribution in [0.4, 0.5) is 11.4 Å². The first-order valence-electron chi connectivity index (χ1n) is 8.60. The van der Waals surface area contributed by atoms with E-state index in [0.717, 1.165) is 5.39 Å². The predicted molar refractivity (Wildman–Crippen MR) is 104 cm³/mol. The van der Waals surface area contributed by atoms with Crippen molar-refractivity contribution in [1.29, 1.82) is 0 Å². The molecule has 9 nitrogen and oxygen atoms in total. The summed E-state index contributed by atoms with van der Waals surface area (Å²) in [5.41, 5.74) is 2.43. The summed E-state index contributed by atoms with van der Waals surface area (Å²) in [5.74, 6) is -0.459. The second kappa shape index (κ2) is 7.31. The van der Waals surface area contributed by atoms with Crippen LogP contribution >= 0.6 is 0 Å². The van der Waals surface area contributed by atoms with Gasteiger partial charge in [-0.15, -0.1) is 0 Å². The maximum Gasteiger partial charge on any atom is 0.257 e. The van der Waals surface area contributed by atoms with E-state index >= 15 is 0 Å². The van der Waals surface area contributed by atoms with E-state index < -0.39 is 6.04 Å². The summed E-state index contributed by atoms with van der Waals surface area (Å²) in [6, 6.07) is 11.8. The molecular formula is C19H17N7O2. The van der Waals surface area contributed by atoms with Gasteiger partial charge in [-0.3, -0.25) is 14.7 Å². The summed E-state index contributed by atoms with van der Waals surface area (Å²) in [6.07, 6.45) is 4.54. The van der Waals surface area contributed by atoms with Crippen molar-refractivity contribution in [2.24, 2.45) is 0 Å². The number of benzene rings is 2. The Balaban J connectivity index is 1.42. The van der Waals surface area contributed by atoms with Crippen LogP contribution in [0.5, 0.6) is 0 Å². The Labute approximate surface area is 159 Å². The third-order valence-corrected chi connectivity index (χ3v) is 4.34. The van der Waals surface area contributed by atoms with Gasteiger partial charge in [-0.05, 0) is 37.3 Å². The third-order valence-electron chi connectivity index (χ3n) is 4.34. The summed E-state index contributed by atoms with van der Waals surface area (Å²) in [6.45, 7) is 1.73. The average Bonchev–Trinajstić information content (AvgIpc) is 3.40. The number of rotatable bonds is 5. The smallest absolute Gasteiger partial charge is 0.257 e. The van der Waals surface area contributed by atoms with E-state index in [1.807, 2.05) is 12.1 Å². The molecule has 0 radical (unpaired) electrons.